The van der Waals surface area contributed by atoms with Gasteiger partial charge >= 0.3 is 0 Å². The lowest BCUT2D eigenvalue weighted by Crippen LogP contribution is -2.04. The highest BCUT2D eigenvalue weighted by Crippen LogP contribution is 2.31. The first-order chi connectivity index (χ1) is 12.7. The number of hydrogen-bond donors (Lipinski definition) is 0. The molecule has 8 heteroatoms. The molecule has 2 aromatic heterocycles. The molecule has 0 aliphatic carbocycles. The summed E-state index contributed by atoms with van der Waals surface area (Å²) in [5.41, 5.74) is 1.95. The van der Waals surface area contributed by atoms with Gasteiger partial charge in [0.05, 0.1) is 6.54 Å². The molecule has 2 heterocycles. The molecule has 5 nitrogen and oxygen atoms in total. The predicted octanol–water partition coefficient (Wildman–Crippen LogP) is 4.44. The molecule has 130 valence electrons. The van der Waals surface area contributed by atoms with Crippen molar-refractivity contribution in [1.82, 2.24) is 24.1 Å². The monoisotopic (exact) mass is 383 g/mol. The van der Waals surface area contributed by atoms with E-state index in [0.717, 1.165) is 26.4 Å². The van der Waals surface area contributed by atoms with E-state index in [-0.39, 0.29) is 5.82 Å². The first kappa shape index (κ1) is 16.9. The smallest absolute Gasteiger partial charge is 0.198 e. The molecule has 0 N–H and O–H groups in total. The lowest BCUT2D eigenvalue weighted by Gasteiger charge is -2.10. The van der Waals surface area contributed by atoms with Gasteiger partial charge in [-0.15, -0.1) is 10.2 Å². The van der Waals surface area contributed by atoms with Crippen LogP contribution in [0.2, 0.25) is 0 Å². The fourth-order valence-corrected chi connectivity index (χ4v) is 4.07. The van der Waals surface area contributed by atoms with Crippen LogP contribution in [0.1, 0.15) is 11.4 Å². The van der Waals surface area contributed by atoms with Crippen LogP contribution in [0.4, 0.5) is 4.39 Å². The third-order valence-corrected chi connectivity index (χ3v) is 5.52. The van der Waals surface area contributed by atoms with E-state index in [1.54, 1.807) is 12.1 Å². The van der Waals surface area contributed by atoms with E-state index in [1.165, 1.54) is 35.4 Å². The molecule has 0 aliphatic rings. The molecule has 0 saturated carbocycles. The topological polar surface area (TPSA) is 56.5 Å². The third-order valence-electron chi connectivity index (χ3n) is 3.69. The van der Waals surface area contributed by atoms with E-state index in [2.05, 4.69) is 31.7 Å². The average Bonchev–Trinajstić information content (AvgIpc) is 3.24. The summed E-state index contributed by atoms with van der Waals surface area (Å²) in [5, 5.41) is 9.40. The number of aromatic nitrogens is 5. The highest BCUT2D eigenvalue weighted by molar-refractivity contribution is 8.00. The second-order valence-corrected chi connectivity index (χ2v) is 7.56. The maximum Gasteiger partial charge on any atom is 0.198 e. The summed E-state index contributed by atoms with van der Waals surface area (Å²) in [6.07, 6.45) is 0. The summed E-state index contributed by atoms with van der Waals surface area (Å²) in [6, 6.07) is 16.4. The van der Waals surface area contributed by atoms with E-state index in [0.29, 0.717) is 12.4 Å². The van der Waals surface area contributed by atoms with Gasteiger partial charge in [-0.1, -0.05) is 30.3 Å². The van der Waals surface area contributed by atoms with Gasteiger partial charge in [0.15, 0.2) is 15.3 Å². The highest BCUT2D eigenvalue weighted by atomic mass is 32.2. The standard InChI is InChI=1S/C18H14FN5S2/c1-12-20-18(26-23-12)25-17-22-21-16(14-7-9-15(19)10-8-14)24(17)11-13-5-3-2-4-6-13/h2-10H,11H2,1H3. The van der Waals surface area contributed by atoms with Gasteiger partial charge in [0.25, 0.3) is 0 Å². The van der Waals surface area contributed by atoms with Gasteiger partial charge in [-0.05, 0) is 60.0 Å². The average molecular weight is 383 g/mol. The Hall–Kier alpha value is -2.58. The van der Waals surface area contributed by atoms with Crippen molar-refractivity contribution in [2.24, 2.45) is 0 Å². The van der Waals surface area contributed by atoms with Gasteiger partial charge < -0.3 is 0 Å². The Morgan fingerprint density at radius 1 is 1.04 bits per heavy atom. The van der Waals surface area contributed by atoms with E-state index >= 15 is 0 Å². The van der Waals surface area contributed by atoms with Crippen molar-refractivity contribution in [3.05, 3.63) is 71.8 Å². The minimum absolute atomic E-state index is 0.276. The van der Waals surface area contributed by atoms with Gasteiger partial charge in [0, 0.05) is 5.56 Å². The lowest BCUT2D eigenvalue weighted by atomic mass is 10.2. The molecule has 0 amide bonds. The predicted molar refractivity (Wildman–Crippen MR) is 99.7 cm³/mol. The van der Waals surface area contributed by atoms with Crippen molar-refractivity contribution in [2.75, 3.05) is 0 Å². The Labute approximate surface area is 158 Å². The number of rotatable bonds is 5. The fourth-order valence-electron chi connectivity index (χ4n) is 2.48. The molecule has 0 radical (unpaired) electrons. The van der Waals surface area contributed by atoms with Crippen LogP contribution in [-0.4, -0.2) is 24.1 Å². The maximum atomic E-state index is 13.3. The molecule has 0 spiro atoms. The summed E-state index contributed by atoms with van der Waals surface area (Å²) < 4.78 is 20.3. The number of hydrogen-bond acceptors (Lipinski definition) is 6. The summed E-state index contributed by atoms with van der Waals surface area (Å²) in [6.45, 7) is 2.47. The van der Waals surface area contributed by atoms with Crippen molar-refractivity contribution in [3.8, 4) is 11.4 Å². The van der Waals surface area contributed by atoms with Gasteiger partial charge in [-0.3, -0.25) is 4.57 Å². The second kappa shape index (κ2) is 7.35. The number of benzene rings is 2. The summed E-state index contributed by atoms with van der Waals surface area (Å²) in [7, 11) is 0. The van der Waals surface area contributed by atoms with Crippen LogP contribution >= 0.6 is 23.3 Å². The van der Waals surface area contributed by atoms with Crippen molar-refractivity contribution in [2.45, 2.75) is 23.0 Å². The quantitative estimate of drug-likeness (QED) is 0.510. The molecule has 4 rings (SSSR count). The fraction of sp³-hybridized carbons (Fsp3) is 0.111. The van der Waals surface area contributed by atoms with Crippen molar-refractivity contribution >= 4 is 23.3 Å². The molecule has 0 unspecified atom stereocenters. The summed E-state index contributed by atoms with van der Waals surface area (Å²) >= 11 is 2.77. The maximum absolute atomic E-state index is 13.3. The van der Waals surface area contributed by atoms with Crippen molar-refractivity contribution in [3.63, 3.8) is 0 Å². The van der Waals surface area contributed by atoms with Crippen LogP contribution in [0.3, 0.4) is 0 Å². The molecule has 26 heavy (non-hydrogen) atoms. The van der Waals surface area contributed by atoms with E-state index in [1.807, 2.05) is 29.7 Å². The number of halogens is 1. The molecule has 0 bridgehead atoms. The summed E-state index contributed by atoms with van der Waals surface area (Å²) in [4.78, 5) is 4.39. The van der Waals surface area contributed by atoms with Crippen LogP contribution in [0.15, 0.2) is 64.1 Å². The van der Waals surface area contributed by atoms with Crippen molar-refractivity contribution in [1.29, 1.82) is 0 Å². The lowest BCUT2D eigenvalue weighted by molar-refractivity contribution is 0.628. The van der Waals surface area contributed by atoms with Gasteiger partial charge in [-0.25, -0.2) is 9.37 Å². The number of aryl methyl sites for hydroxylation is 1. The zero-order chi connectivity index (χ0) is 17.9. The molecule has 4 aromatic rings. The molecule has 2 aromatic carbocycles. The zero-order valence-electron chi connectivity index (χ0n) is 13.8. The molecule has 0 saturated heterocycles. The van der Waals surface area contributed by atoms with E-state index in [4.69, 9.17) is 0 Å². The largest absolute Gasteiger partial charge is 0.297 e. The summed E-state index contributed by atoms with van der Waals surface area (Å²) in [5.74, 6) is 1.16. The van der Waals surface area contributed by atoms with Gasteiger partial charge in [0.1, 0.15) is 11.6 Å². The van der Waals surface area contributed by atoms with Gasteiger partial charge in [-0.2, -0.15) is 4.37 Å². The zero-order valence-corrected chi connectivity index (χ0v) is 15.5. The Kier molecular flexibility index (Phi) is 4.77. The van der Waals surface area contributed by atoms with E-state index < -0.39 is 0 Å². The van der Waals surface area contributed by atoms with Crippen LogP contribution in [0.5, 0.6) is 0 Å². The van der Waals surface area contributed by atoms with Crippen molar-refractivity contribution < 1.29 is 4.39 Å². The Morgan fingerprint density at radius 2 is 1.81 bits per heavy atom. The Bertz CT molecular complexity index is 1010. The van der Waals surface area contributed by atoms with E-state index in [9.17, 15) is 4.39 Å². The first-order valence-corrected chi connectivity index (χ1v) is 9.49. The van der Waals surface area contributed by atoms with Crippen LogP contribution in [0.25, 0.3) is 11.4 Å². The number of nitrogens with zero attached hydrogens (tertiary/aromatic N) is 5. The van der Waals surface area contributed by atoms with Crippen LogP contribution in [-0.2, 0) is 6.54 Å². The second-order valence-electron chi connectivity index (χ2n) is 5.59. The Balaban J connectivity index is 1.74. The molecule has 0 aliphatic heterocycles. The minimum atomic E-state index is -0.276. The van der Waals surface area contributed by atoms with Crippen LogP contribution in [0, 0.1) is 12.7 Å². The first-order valence-electron chi connectivity index (χ1n) is 7.90. The highest BCUT2D eigenvalue weighted by Gasteiger charge is 2.17. The third kappa shape index (κ3) is 3.66. The normalized spacial score (nSPS) is 11.0. The van der Waals surface area contributed by atoms with Crippen LogP contribution < -0.4 is 0 Å². The Morgan fingerprint density at radius 3 is 2.50 bits per heavy atom. The molecule has 0 atom stereocenters. The SMILES string of the molecule is Cc1nsc(Sc2nnc(-c3ccc(F)cc3)n2Cc2ccccc2)n1. The van der Waals surface area contributed by atoms with Gasteiger partial charge in [0.2, 0.25) is 0 Å². The molecule has 0 fully saturated rings. The molecular formula is C18H14FN5S2. The molecular weight excluding hydrogens is 369 g/mol. The minimum Gasteiger partial charge on any atom is -0.297 e.